The molecule has 0 fully saturated rings. The van der Waals surface area contributed by atoms with Crippen LogP contribution in [-0.4, -0.2) is 0 Å². The fraction of sp³-hybridized carbons (Fsp3) is 0.750. The second kappa shape index (κ2) is 13.5. The number of benzene rings is 1. The lowest BCUT2D eigenvalue weighted by Gasteiger charge is -2.14. The van der Waals surface area contributed by atoms with E-state index in [1.165, 1.54) is 83.5 Å². The highest BCUT2D eigenvalue weighted by molar-refractivity contribution is 5.32. The van der Waals surface area contributed by atoms with Crippen molar-refractivity contribution in [1.82, 2.24) is 0 Å². The molecule has 0 bridgehead atoms. The minimum Gasteiger partial charge on any atom is -0.0654 e. The highest BCUT2D eigenvalue weighted by atomic mass is 14.1. The van der Waals surface area contributed by atoms with Crippen molar-refractivity contribution >= 4 is 0 Å². The number of hydrogen-bond donors (Lipinski definition) is 0. The third-order valence-corrected chi connectivity index (χ3v) is 5.35. The predicted molar refractivity (Wildman–Crippen MR) is 110 cm³/mol. The van der Waals surface area contributed by atoms with Crippen molar-refractivity contribution in [2.45, 2.75) is 111 Å². The Kier molecular flexibility index (Phi) is 12.0. The zero-order valence-electron chi connectivity index (χ0n) is 17.0. The van der Waals surface area contributed by atoms with E-state index in [0.717, 1.165) is 5.92 Å². The summed E-state index contributed by atoms with van der Waals surface area (Å²) < 4.78 is 0. The minimum absolute atomic E-state index is 0.876. The highest BCUT2D eigenvalue weighted by Crippen LogP contribution is 2.21. The molecule has 138 valence electrons. The third-order valence-electron chi connectivity index (χ3n) is 5.35. The van der Waals surface area contributed by atoms with Crippen molar-refractivity contribution in [2.75, 3.05) is 0 Å². The minimum atomic E-state index is 0.876. The Hall–Kier alpha value is -0.780. The lowest BCUT2D eigenvalue weighted by Crippen LogP contribution is -2.01. The molecule has 0 aliphatic carbocycles. The number of rotatable bonds is 14. The van der Waals surface area contributed by atoms with Crippen LogP contribution in [-0.2, 0) is 19.3 Å². The van der Waals surface area contributed by atoms with Gasteiger partial charge in [0.2, 0.25) is 0 Å². The van der Waals surface area contributed by atoms with Crippen LogP contribution in [0.25, 0.3) is 0 Å². The van der Waals surface area contributed by atoms with E-state index in [1.807, 2.05) is 0 Å². The van der Waals surface area contributed by atoms with Gasteiger partial charge in [0.05, 0.1) is 0 Å². The molecule has 24 heavy (non-hydrogen) atoms. The van der Waals surface area contributed by atoms with Crippen molar-refractivity contribution in [3.05, 3.63) is 34.9 Å². The molecule has 1 unspecified atom stereocenters. The van der Waals surface area contributed by atoms with Crippen LogP contribution in [0.5, 0.6) is 0 Å². The van der Waals surface area contributed by atoms with Gasteiger partial charge >= 0.3 is 0 Å². The van der Waals surface area contributed by atoms with Crippen LogP contribution in [0.1, 0.15) is 109 Å². The molecule has 1 rings (SSSR count). The van der Waals surface area contributed by atoms with E-state index in [0.29, 0.717) is 0 Å². The summed E-state index contributed by atoms with van der Waals surface area (Å²) in [5.41, 5.74) is 4.82. The van der Waals surface area contributed by atoms with Gasteiger partial charge in [0.25, 0.3) is 0 Å². The smallest absolute Gasteiger partial charge is 0.0276 e. The molecule has 0 saturated heterocycles. The molecule has 1 atom stereocenters. The largest absolute Gasteiger partial charge is 0.0654 e. The van der Waals surface area contributed by atoms with Crippen LogP contribution < -0.4 is 0 Å². The Balaban J connectivity index is 2.51. The van der Waals surface area contributed by atoms with Crippen molar-refractivity contribution in [1.29, 1.82) is 0 Å². The van der Waals surface area contributed by atoms with E-state index < -0.39 is 0 Å². The molecule has 0 heterocycles. The van der Waals surface area contributed by atoms with Gasteiger partial charge < -0.3 is 0 Å². The maximum Gasteiger partial charge on any atom is -0.0276 e. The summed E-state index contributed by atoms with van der Waals surface area (Å²) in [6.45, 7) is 9.33. The van der Waals surface area contributed by atoms with Gasteiger partial charge in [-0.2, -0.15) is 0 Å². The van der Waals surface area contributed by atoms with Crippen LogP contribution in [0.2, 0.25) is 0 Å². The first-order chi connectivity index (χ1) is 11.7. The van der Waals surface area contributed by atoms with E-state index >= 15 is 0 Å². The quantitative estimate of drug-likeness (QED) is 0.304. The van der Waals surface area contributed by atoms with Crippen molar-refractivity contribution in [3.8, 4) is 0 Å². The molecular weight excluding hydrogens is 288 g/mol. The first-order valence-electron chi connectivity index (χ1n) is 10.8. The number of hydrogen-bond acceptors (Lipinski definition) is 0. The van der Waals surface area contributed by atoms with Gasteiger partial charge in [-0.25, -0.2) is 0 Å². The van der Waals surface area contributed by atoms with Crippen molar-refractivity contribution in [2.24, 2.45) is 5.92 Å². The summed E-state index contributed by atoms with van der Waals surface area (Å²) in [7, 11) is 0. The molecule has 0 nitrogen and oxygen atoms in total. The van der Waals surface area contributed by atoms with Crippen molar-refractivity contribution < 1.29 is 0 Å². The van der Waals surface area contributed by atoms with Gasteiger partial charge in [-0.3, -0.25) is 0 Å². The summed E-state index contributed by atoms with van der Waals surface area (Å²) in [6.07, 6.45) is 17.4. The van der Waals surface area contributed by atoms with Crippen LogP contribution in [0.4, 0.5) is 0 Å². The van der Waals surface area contributed by atoms with Crippen LogP contribution in [0.3, 0.4) is 0 Å². The normalized spacial score (nSPS) is 12.5. The molecule has 0 N–H and O–H groups in total. The second-order valence-electron chi connectivity index (χ2n) is 7.80. The zero-order valence-corrected chi connectivity index (χ0v) is 17.0. The summed E-state index contributed by atoms with van der Waals surface area (Å²) in [5.74, 6) is 0.876. The first kappa shape index (κ1) is 21.3. The molecule has 1 aromatic carbocycles. The molecule has 0 saturated carbocycles. The molecule has 0 aromatic heterocycles. The Morgan fingerprint density at radius 3 is 2.00 bits per heavy atom. The molecule has 0 amide bonds. The molecule has 0 radical (unpaired) electrons. The topological polar surface area (TPSA) is 0 Å². The predicted octanol–water partition coefficient (Wildman–Crippen LogP) is 7.91. The Bertz CT molecular complexity index is 418. The van der Waals surface area contributed by atoms with Crippen LogP contribution >= 0.6 is 0 Å². The molecule has 0 aliphatic rings. The first-order valence-corrected chi connectivity index (χ1v) is 10.8. The standard InChI is InChI=1S/C24H42/c1-5-8-11-12-13-21(4)16-17-22-18-19-23(14-9-6-2)24(20-22)15-10-7-3/h18-21H,5-17H2,1-4H3. The zero-order chi connectivity index (χ0) is 17.6. The molecule has 0 aliphatic heterocycles. The third kappa shape index (κ3) is 8.90. The maximum atomic E-state index is 2.53. The van der Waals surface area contributed by atoms with Gasteiger partial charge in [-0.05, 0) is 61.1 Å². The molecule has 0 heteroatoms. The summed E-state index contributed by atoms with van der Waals surface area (Å²) in [4.78, 5) is 0. The lowest BCUT2D eigenvalue weighted by atomic mass is 9.92. The highest BCUT2D eigenvalue weighted by Gasteiger charge is 2.07. The Labute approximate surface area is 152 Å². The second-order valence-corrected chi connectivity index (χ2v) is 7.80. The van der Waals surface area contributed by atoms with Gasteiger partial charge in [0.1, 0.15) is 0 Å². The fourth-order valence-corrected chi connectivity index (χ4v) is 3.52. The van der Waals surface area contributed by atoms with Crippen molar-refractivity contribution in [3.63, 3.8) is 0 Å². The monoisotopic (exact) mass is 330 g/mol. The van der Waals surface area contributed by atoms with Gasteiger partial charge in [-0.1, -0.05) is 90.8 Å². The summed E-state index contributed by atoms with van der Waals surface area (Å²) in [6, 6.07) is 7.37. The average molecular weight is 331 g/mol. The number of unbranched alkanes of at least 4 members (excludes halogenated alkanes) is 5. The van der Waals surface area contributed by atoms with Crippen LogP contribution in [0.15, 0.2) is 18.2 Å². The lowest BCUT2D eigenvalue weighted by molar-refractivity contribution is 0.460. The average Bonchev–Trinajstić information content (AvgIpc) is 2.60. The molecular formula is C24H42. The molecule has 1 aromatic rings. The van der Waals surface area contributed by atoms with E-state index in [-0.39, 0.29) is 0 Å². The molecule has 0 spiro atoms. The van der Waals surface area contributed by atoms with Crippen LogP contribution in [0, 0.1) is 5.92 Å². The van der Waals surface area contributed by atoms with Gasteiger partial charge in [0, 0.05) is 0 Å². The Morgan fingerprint density at radius 1 is 0.667 bits per heavy atom. The summed E-state index contributed by atoms with van der Waals surface area (Å²) in [5, 5.41) is 0. The Morgan fingerprint density at radius 2 is 1.33 bits per heavy atom. The SMILES string of the molecule is CCCCCCC(C)CCc1ccc(CCCC)c(CCCC)c1. The van der Waals surface area contributed by atoms with Gasteiger partial charge in [-0.15, -0.1) is 0 Å². The van der Waals surface area contributed by atoms with E-state index in [4.69, 9.17) is 0 Å². The van der Waals surface area contributed by atoms with Gasteiger partial charge in [0.15, 0.2) is 0 Å². The van der Waals surface area contributed by atoms with E-state index in [1.54, 1.807) is 16.7 Å². The number of aryl methyl sites for hydroxylation is 3. The maximum absolute atomic E-state index is 2.53. The fourth-order valence-electron chi connectivity index (χ4n) is 3.52. The van der Waals surface area contributed by atoms with E-state index in [2.05, 4.69) is 45.9 Å². The van der Waals surface area contributed by atoms with E-state index in [9.17, 15) is 0 Å². The summed E-state index contributed by atoms with van der Waals surface area (Å²) >= 11 is 0.